The van der Waals surface area contributed by atoms with Gasteiger partial charge in [0.1, 0.15) is 11.9 Å². The number of halogens is 1. The Labute approximate surface area is 196 Å². The molecular weight excluding hydrogens is 509 g/mol. The maximum atomic E-state index is 10.6. The summed E-state index contributed by atoms with van der Waals surface area (Å²) in [5, 5.41) is 18.3. The highest BCUT2D eigenvalue weighted by Gasteiger charge is 2.11. The average molecular weight is 535 g/mol. The Hall–Kier alpha value is -2.17. The molecule has 6 nitrogen and oxygen atoms in total. The van der Waals surface area contributed by atoms with Gasteiger partial charge in [-0.25, -0.2) is 4.98 Å². The third-order valence-electron chi connectivity index (χ3n) is 4.63. The number of imidazole rings is 1. The zero-order chi connectivity index (χ0) is 20.1. The number of aromatic nitrogens is 2. The van der Waals surface area contributed by atoms with E-state index >= 15 is 0 Å². The van der Waals surface area contributed by atoms with Crippen molar-refractivity contribution in [2.75, 3.05) is 19.6 Å². The fourth-order valence-corrected chi connectivity index (χ4v) is 4.24. The minimum absolute atomic E-state index is 0. The largest absolute Gasteiger partial charge is 0.386 e. The number of aliphatic hydroxyl groups is 1. The molecule has 8 heteroatoms. The molecule has 4 N–H and O–H groups in total. The van der Waals surface area contributed by atoms with E-state index in [2.05, 4.69) is 37.7 Å². The Morgan fingerprint density at radius 1 is 1.17 bits per heavy atom. The van der Waals surface area contributed by atoms with E-state index in [0.717, 1.165) is 40.1 Å². The number of benzene rings is 2. The molecule has 0 fully saturated rings. The molecule has 0 aliphatic heterocycles. The second-order valence-electron chi connectivity index (χ2n) is 6.80. The summed E-state index contributed by atoms with van der Waals surface area (Å²) < 4.78 is 1.18. The van der Waals surface area contributed by atoms with Crippen LogP contribution in [0.25, 0.3) is 21.1 Å². The lowest BCUT2D eigenvalue weighted by Gasteiger charge is -2.12. The van der Waals surface area contributed by atoms with Crippen LogP contribution in [0.3, 0.4) is 0 Å². The van der Waals surface area contributed by atoms with Crippen molar-refractivity contribution >= 4 is 62.4 Å². The lowest BCUT2D eigenvalue weighted by Crippen LogP contribution is -2.38. The molecule has 0 aliphatic rings. The maximum absolute atomic E-state index is 10.6. The number of H-pyrrole nitrogens is 1. The van der Waals surface area contributed by atoms with Crippen LogP contribution in [-0.2, 0) is 6.42 Å². The van der Waals surface area contributed by atoms with Crippen LogP contribution in [0, 0.1) is 0 Å². The second kappa shape index (κ2) is 10.7. The number of guanidine groups is 1. The predicted octanol–water partition coefficient (Wildman–Crippen LogP) is 4.23. The first-order valence-corrected chi connectivity index (χ1v) is 10.7. The lowest BCUT2D eigenvalue weighted by molar-refractivity contribution is 0.191. The van der Waals surface area contributed by atoms with E-state index in [0.29, 0.717) is 19.0 Å². The van der Waals surface area contributed by atoms with Gasteiger partial charge in [-0.2, -0.15) is 0 Å². The van der Waals surface area contributed by atoms with Gasteiger partial charge in [0.25, 0.3) is 0 Å². The topological polar surface area (TPSA) is 85.3 Å². The minimum Gasteiger partial charge on any atom is -0.386 e. The van der Waals surface area contributed by atoms with Crippen LogP contribution in [0.15, 0.2) is 59.6 Å². The number of hydrogen-bond acceptors (Lipinski definition) is 4. The Bertz CT molecular complexity index is 1060. The highest BCUT2D eigenvalue weighted by Crippen LogP contribution is 2.29. The van der Waals surface area contributed by atoms with Gasteiger partial charge in [0.2, 0.25) is 0 Å². The van der Waals surface area contributed by atoms with Gasteiger partial charge in [-0.05, 0) is 36.6 Å². The van der Waals surface area contributed by atoms with E-state index in [1.165, 1.54) is 4.70 Å². The number of aliphatic hydroxyl groups excluding tert-OH is 1. The molecule has 4 rings (SSSR count). The number of nitrogens with zero attached hydrogens (tertiary/aromatic N) is 2. The molecule has 4 aromatic rings. The number of rotatable bonds is 7. The van der Waals surface area contributed by atoms with Crippen molar-refractivity contribution in [3.05, 3.63) is 65.3 Å². The molecule has 0 saturated carbocycles. The number of aromatic amines is 1. The Morgan fingerprint density at radius 2 is 1.97 bits per heavy atom. The molecule has 30 heavy (non-hydrogen) atoms. The van der Waals surface area contributed by atoms with E-state index in [1.54, 1.807) is 11.3 Å². The van der Waals surface area contributed by atoms with Gasteiger partial charge in [-0.15, -0.1) is 35.3 Å². The standard InChI is InChI=1S/C22H25N5OS.HI/c1-2-23-22(24-12-11-21-26-16-8-4-5-9-17(16)27-21)25-14-18(28)20-13-15-7-3-6-10-19(15)29-20;/h3-10,13,18,28H,2,11-12,14H2,1H3,(H,26,27)(H2,23,24,25);1H. The fourth-order valence-electron chi connectivity index (χ4n) is 3.20. The maximum Gasteiger partial charge on any atom is 0.191 e. The van der Waals surface area contributed by atoms with Crippen LogP contribution in [0.5, 0.6) is 0 Å². The zero-order valence-electron chi connectivity index (χ0n) is 16.8. The van der Waals surface area contributed by atoms with Gasteiger partial charge in [0, 0.05) is 29.1 Å². The van der Waals surface area contributed by atoms with E-state index in [-0.39, 0.29) is 24.0 Å². The van der Waals surface area contributed by atoms with Gasteiger partial charge in [0.05, 0.1) is 17.6 Å². The normalized spacial score (nSPS) is 12.7. The molecule has 1 unspecified atom stereocenters. The first-order chi connectivity index (χ1) is 14.2. The van der Waals surface area contributed by atoms with Crippen LogP contribution in [0.2, 0.25) is 0 Å². The third-order valence-corrected chi connectivity index (χ3v) is 5.85. The molecular formula is C22H26IN5OS. The summed E-state index contributed by atoms with van der Waals surface area (Å²) in [5.41, 5.74) is 2.03. The van der Waals surface area contributed by atoms with Crippen molar-refractivity contribution in [3.63, 3.8) is 0 Å². The summed E-state index contributed by atoms with van der Waals surface area (Å²) >= 11 is 1.62. The molecule has 2 aromatic carbocycles. The van der Waals surface area contributed by atoms with E-state index in [1.807, 2.05) is 49.4 Å². The molecule has 0 amide bonds. The van der Waals surface area contributed by atoms with E-state index in [4.69, 9.17) is 0 Å². The molecule has 2 aromatic heterocycles. The van der Waals surface area contributed by atoms with Crippen molar-refractivity contribution in [2.45, 2.75) is 19.4 Å². The lowest BCUT2D eigenvalue weighted by atomic mass is 10.2. The highest BCUT2D eigenvalue weighted by atomic mass is 127. The molecule has 0 saturated heterocycles. The first kappa shape index (κ1) is 22.5. The monoisotopic (exact) mass is 535 g/mol. The van der Waals surface area contributed by atoms with Gasteiger partial charge < -0.3 is 20.7 Å². The number of para-hydroxylation sites is 2. The quantitative estimate of drug-likeness (QED) is 0.162. The Morgan fingerprint density at radius 3 is 2.77 bits per heavy atom. The number of fused-ring (bicyclic) bond motifs is 2. The molecule has 0 radical (unpaired) electrons. The first-order valence-electron chi connectivity index (χ1n) is 9.85. The summed E-state index contributed by atoms with van der Waals surface area (Å²) in [4.78, 5) is 13.4. The number of hydrogen-bond donors (Lipinski definition) is 4. The fraction of sp³-hybridized carbons (Fsp3) is 0.273. The average Bonchev–Trinajstić information content (AvgIpc) is 3.35. The number of aliphatic imine (C=N–C) groups is 1. The SMILES string of the molecule is CCNC(=NCC(O)c1cc2ccccc2s1)NCCc1nc2ccccc2[nH]1.I. The molecule has 158 valence electrons. The summed E-state index contributed by atoms with van der Waals surface area (Å²) in [7, 11) is 0. The van der Waals surface area contributed by atoms with E-state index in [9.17, 15) is 5.11 Å². The van der Waals surface area contributed by atoms with Crippen molar-refractivity contribution < 1.29 is 5.11 Å². The second-order valence-corrected chi connectivity index (χ2v) is 7.91. The summed E-state index contributed by atoms with van der Waals surface area (Å²) in [6.45, 7) is 3.80. The minimum atomic E-state index is -0.613. The van der Waals surface area contributed by atoms with Crippen molar-refractivity contribution in [3.8, 4) is 0 Å². The molecule has 2 heterocycles. The number of thiophene rings is 1. The molecule has 0 bridgehead atoms. The van der Waals surface area contributed by atoms with Crippen molar-refractivity contribution in [1.29, 1.82) is 0 Å². The van der Waals surface area contributed by atoms with Crippen molar-refractivity contribution in [1.82, 2.24) is 20.6 Å². The predicted molar refractivity (Wildman–Crippen MR) is 136 cm³/mol. The van der Waals surface area contributed by atoms with Gasteiger partial charge in [-0.3, -0.25) is 4.99 Å². The van der Waals surface area contributed by atoms with Crippen LogP contribution < -0.4 is 10.6 Å². The summed E-state index contributed by atoms with van der Waals surface area (Å²) in [6.07, 6.45) is 0.149. The zero-order valence-corrected chi connectivity index (χ0v) is 19.9. The summed E-state index contributed by atoms with van der Waals surface area (Å²) in [5.74, 6) is 1.64. The van der Waals surface area contributed by atoms with Crippen LogP contribution in [-0.4, -0.2) is 40.7 Å². The Kier molecular flexibility index (Phi) is 8.06. The van der Waals surface area contributed by atoms with Crippen LogP contribution in [0.1, 0.15) is 23.7 Å². The van der Waals surface area contributed by atoms with Crippen molar-refractivity contribution in [2.24, 2.45) is 4.99 Å². The molecule has 1 atom stereocenters. The third kappa shape index (κ3) is 5.50. The van der Waals surface area contributed by atoms with Gasteiger partial charge >= 0.3 is 0 Å². The molecule has 0 aliphatic carbocycles. The molecule has 0 spiro atoms. The summed E-state index contributed by atoms with van der Waals surface area (Å²) in [6, 6.07) is 18.2. The number of nitrogens with one attached hydrogen (secondary N) is 3. The van der Waals surface area contributed by atoms with E-state index < -0.39 is 6.10 Å². The van der Waals surface area contributed by atoms with Gasteiger partial charge in [-0.1, -0.05) is 30.3 Å². The smallest absolute Gasteiger partial charge is 0.191 e. The highest BCUT2D eigenvalue weighted by molar-refractivity contribution is 14.0. The van der Waals surface area contributed by atoms with Crippen LogP contribution in [0.4, 0.5) is 0 Å². The Balaban J connectivity index is 0.00000256. The van der Waals surface area contributed by atoms with Crippen LogP contribution >= 0.6 is 35.3 Å². The van der Waals surface area contributed by atoms with Gasteiger partial charge in [0.15, 0.2) is 5.96 Å².